The maximum absolute atomic E-state index is 13.0. The van der Waals surface area contributed by atoms with Crippen LogP contribution in [0.3, 0.4) is 0 Å². The number of carbonyl (C=O) groups is 4. The van der Waals surface area contributed by atoms with Gasteiger partial charge in [-0.25, -0.2) is 9.69 Å². The number of benzene rings is 2. The number of methoxy groups -OCH3 is 2. The number of anilines is 1. The summed E-state index contributed by atoms with van der Waals surface area (Å²) in [6.07, 6.45) is 1.26. The molecule has 0 spiro atoms. The number of carboxylic acids is 1. The van der Waals surface area contributed by atoms with Crippen LogP contribution in [-0.2, 0) is 14.4 Å². The van der Waals surface area contributed by atoms with Gasteiger partial charge < -0.3 is 24.1 Å². The van der Waals surface area contributed by atoms with Crippen molar-refractivity contribution in [2.75, 3.05) is 25.7 Å². The molecule has 1 aliphatic rings. The van der Waals surface area contributed by atoms with Gasteiger partial charge in [0, 0.05) is 0 Å². The predicted octanol–water partition coefficient (Wildman–Crippen LogP) is 1.15. The number of imide groups is 2. The molecule has 0 radical (unpaired) electrons. The van der Waals surface area contributed by atoms with E-state index in [0.717, 1.165) is 4.90 Å². The molecule has 2 aromatic carbocycles. The maximum atomic E-state index is 13.0. The minimum Gasteiger partial charge on any atom is -0.546 e. The zero-order chi connectivity index (χ0) is 23.4. The Labute approximate surface area is 186 Å². The van der Waals surface area contributed by atoms with Crippen LogP contribution in [0.1, 0.15) is 5.56 Å². The number of urea groups is 1. The van der Waals surface area contributed by atoms with Crippen molar-refractivity contribution in [3.63, 3.8) is 0 Å². The normalized spacial score (nSPS) is 14.9. The number of nitrogens with one attached hydrogen (secondary N) is 1. The van der Waals surface area contributed by atoms with Crippen LogP contribution in [0.5, 0.6) is 17.2 Å². The van der Waals surface area contributed by atoms with Gasteiger partial charge in [0.1, 0.15) is 17.9 Å². The molecule has 1 fully saturated rings. The zero-order valence-electron chi connectivity index (χ0n) is 16.8. The van der Waals surface area contributed by atoms with Gasteiger partial charge in [-0.05, 0) is 42.0 Å². The lowest BCUT2D eigenvalue weighted by Crippen LogP contribution is -2.54. The summed E-state index contributed by atoms with van der Waals surface area (Å²) in [6.45, 7) is -0.681. The first-order valence-electron chi connectivity index (χ1n) is 9.00. The second kappa shape index (κ2) is 9.40. The van der Waals surface area contributed by atoms with Gasteiger partial charge in [0.2, 0.25) is 0 Å². The number of ether oxygens (including phenoxy) is 3. The molecule has 166 valence electrons. The molecule has 3 rings (SSSR count). The van der Waals surface area contributed by atoms with E-state index >= 15 is 0 Å². The van der Waals surface area contributed by atoms with Gasteiger partial charge in [-0.15, -0.1) is 0 Å². The lowest BCUT2D eigenvalue weighted by Gasteiger charge is -2.26. The summed E-state index contributed by atoms with van der Waals surface area (Å²) in [6, 6.07) is 7.68. The smallest absolute Gasteiger partial charge is 0.335 e. The van der Waals surface area contributed by atoms with Crippen LogP contribution in [0.25, 0.3) is 6.08 Å². The highest BCUT2D eigenvalue weighted by molar-refractivity contribution is 6.39. The maximum Gasteiger partial charge on any atom is 0.335 e. The quantitative estimate of drug-likeness (QED) is 0.481. The molecule has 10 nitrogen and oxygen atoms in total. The number of carbonyl (C=O) groups excluding carboxylic acids is 4. The molecule has 11 heteroatoms. The van der Waals surface area contributed by atoms with E-state index in [1.165, 1.54) is 56.7 Å². The molecule has 0 bridgehead atoms. The van der Waals surface area contributed by atoms with Gasteiger partial charge in [-0.2, -0.15) is 0 Å². The van der Waals surface area contributed by atoms with E-state index in [1.807, 2.05) is 0 Å². The molecule has 0 aliphatic carbocycles. The first-order valence-corrected chi connectivity index (χ1v) is 9.38. The third-order valence-corrected chi connectivity index (χ3v) is 4.63. The molecular weight excluding hydrogens is 444 g/mol. The fourth-order valence-electron chi connectivity index (χ4n) is 2.88. The Bertz CT molecular complexity index is 1140. The number of hydrogen-bond acceptors (Lipinski definition) is 8. The van der Waals surface area contributed by atoms with Crippen molar-refractivity contribution in [3.8, 4) is 17.2 Å². The minimum atomic E-state index is -1.41. The van der Waals surface area contributed by atoms with Crippen LogP contribution in [0.4, 0.5) is 10.5 Å². The summed E-state index contributed by atoms with van der Waals surface area (Å²) in [7, 11) is 2.76. The van der Waals surface area contributed by atoms with Crippen molar-refractivity contribution in [1.29, 1.82) is 0 Å². The largest absolute Gasteiger partial charge is 0.546 e. The first-order chi connectivity index (χ1) is 15.2. The second-order valence-electron chi connectivity index (χ2n) is 6.35. The fraction of sp³-hybridized carbons (Fsp3) is 0.143. The molecule has 2 aromatic rings. The van der Waals surface area contributed by atoms with Gasteiger partial charge >= 0.3 is 6.03 Å². The van der Waals surface area contributed by atoms with Gasteiger partial charge in [-0.1, -0.05) is 17.7 Å². The highest BCUT2D eigenvalue weighted by atomic mass is 35.5. The van der Waals surface area contributed by atoms with Crippen molar-refractivity contribution < 1.29 is 38.5 Å². The molecule has 32 heavy (non-hydrogen) atoms. The van der Waals surface area contributed by atoms with E-state index in [4.69, 9.17) is 25.8 Å². The predicted molar refractivity (Wildman–Crippen MR) is 111 cm³/mol. The van der Waals surface area contributed by atoms with Gasteiger partial charge in [0.25, 0.3) is 11.8 Å². The molecular formula is C21H16ClN2O8-. The van der Waals surface area contributed by atoms with Gasteiger partial charge in [0.15, 0.2) is 11.5 Å². The molecule has 0 aromatic heterocycles. The van der Waals surface area contributed by atoms with Crippen molar-refractivity contribution in [3.05, 3.63) is 52.6 Å². The molecule has 0 saturated carbocycles. The lowest BCUT2D eigenvalue weighted by atomic mass is 10.1. The van der Waals surface area contributed by atoms with Crippen molar-refractivity contribution in [2.24, 2.45) is 0 Å². The summed E-state index contributed by atoms with van der Waals surface area (Å²) in [5.41, 5.74) is 0.186. The average molecular weight is 460 g/mol. The second-order valence-corrected chi connectivity index (χ2v) is 6.75. The molecule has 0 unspecified atom stereocenters. The van der Waals surface area contributed by atoms with Crippen LogP contribution < -0.4 is 29.5 Å². The van der Waals surface area contributed by atoms with E-state index in [-0.39, 0.29) is 27.8 Å². The highest BCUT2D eigenvalue weighted by Gasteiger charge is 2.37. The number of halogens is 1. The molecule has 4 amide bonds. The van der Waals surface area contributed by atoms with Crippen molar-refractivity contribution in [2.45, 2.75) is 0 Å². The van der Waals surface area contributed by atoms with Gasteiger partial charge in [-0.3, -0.25) is 14.9 Å². The summed E-state index contributed by atoms with van der Waals surface area (Å²) in [5.74, 6) is -2.52. The Hall–Kier alpha value is -4.05. The number of amides is 4. The molecule has 1 saturated heterocycles. The van der Waals surface area contributed by atoms with E-state index in [2.05, 4.69) is 5.32 Å². The van der Waals surface area contributed by atoms with E-state index < -0.39 is 30.4 Å². The van der Waals surface area contributed by atoms with Crippen molar-refractivity contribution >= 4 is 47.2 Å². The third-order valence-electron chi connectivity index (χ3n) is 4.34. The van der Waals surface area contributed by atoms with Crippen LogP contribution >= 0.6 is 11.6 Å². The number of nitrogens with zero attached hydrogens (tertiary/aromatic N) is 1. The average Bonchev–Trinajstić information content (AvgIpc) is 2.75. The van der Waals surface area contributed by atoms with Crippen LogP contribution in [0.2, 0.25) is 5.02 Å². The van der Waals surface area contributed by atoms with Crippen LogP contribution in [-0.4, -0.2) is 44.6 Å². The number of rotatable bonds is 7. The van der Waals surface area contributed by atoms with Gasteiger partial charge in [0.05, 0.1) is 30.9 Å². The Morgan fingerprint density at radius 1 is 1.06 bits per heavy atom. The number of hydrogen-bond donors (Lipinski definition) is 1. The summed E-state index contributed by atoms with van der Waals surface area (Å²) in [4.78, 5) is 49.0. The Morgan fingerprint density at radius 3 is 2.38 bits per heavy atom. The molecule has 1 aliphatic heterocycles. The zero-order valence-corrected chi connectivity index (χ0v) is 17.6. The summed E-state index contributed by atoms with van der Waals surface area (Å²) in [5, 5.41) is 12.9. The SMILES string of the molecule is COc1ccc(N2C(=O)NC(=O)/C(=C/c3ccc(OCC(=O)[O-])c(OC)c3)C2=O)cc1Cl. The van der Waals surface area contributed by atoms with E-state index in [1.54, 1.807) is 0 Å². The molecule has 0 atom stereocenters. The number of barbiturate groups is 1. The summed E-state index contributed by atoms with van der Waals surface area (Å²) >= 11 is 6.09. The Morgan fingerprint density at radius 2 is 1.75 bits per heavy atom. The Kier molecular flexibility index (Phi) is 6.64. The van der Waals surface area contributed by atoms with E-state index in [9.17, 15) is 24.3 Å². The number of aliphatic carboxylic acids is 1. The summed E-state index contributed by atoms with van der Waals surface area (Å²) < 4.78 is 15.3. The first kappa shape index (κ1) is 22.6. The minimum absolute atomic E-state index is 0.128. The topological polar surface area (TPSA) is 134 Å². The fourth-order valence-corrected chi connectivity index (χ4v) is 3.13. The third kappa shape index (κ3) is 4.65. The monoisotopic (exact) mass is 459 g/mol. The standard InChI is InChI=1S/C21H17ClN2O8/c1-30-15-6-4-12(9-14(15)22)24-20(28)13(19(27)23-21(24)29)7-11-3-5-16(17(8-11)31-2)32-10-18(25)26/h3-9H,10H2,1-2H3,(H,25,26)(H,23,27,29)/p-1/b13-7-. The van der Waals surface area contributed by atoms with E-state index in [0.29, 0.717) is 11.3 Å². The molecule has 1 N–H and O–H groups in total. The lowest BCUT2D eigenvalue weighted by molar-refractivity contribution is -0.307. The van der Waals surface area contributed by atoms with Crippen molar-refractivity contribution in [1.82, 2.24) is 5.32 Å². The highest BCUT2D eigenvalue weighted by Crippen LogP contribution is 2.32. The molecule has 1 heterocycles. The Balaban J connectivity index is 1.95. The number of carboxylic acid groups (broad SMARTS) is 1. The van der Waals surface area contributed by atoms with Crippen LogP contribution in [0, 0.1) is 0 Å². The van der Waals surface area contributed by atoms with Crippen LogP contribution in [0.15, 0.2) is 42.0 Å².